The standard InChI is InChI=1S/C30H36N4O2/c31-19-7-21-33(23-17-25-9-3-1-4-10-25)29(35)27-13-15-28(16-14-27)30(36)34(22-8-20-32)24-18-26-11-5-2-6-12-26/h1-6,9-12,27-28H,7-8,13-18,21-24H2. The Kier molecular flexibility index (Phi) is 11.0. The number of carbonyl (C=O) groups is 2. The van der Waals surface area contributed by atoms with Gasteiger partial charge in [-0.25, -0.2) is 0 Å². The van der Waals surface area contributed by atoms with E-state index in [0.717, 1.165) is 12.8 Å². The highest BCUT2D eigenvalue weighted by molar-refractivity contribution is 5.81. The van der Waals surface area contributed by atoms with Crippen LogP contribution in [0, 0.1) is 34.5 Å². The predicted octanol–water partition coefficient (Wildman–Crippen LogP) is 4.76. The van der Waals surface area contributed by atoms with Crippen molar-refractivity contribution in [3.05, 3.63) is 71.8 Å². The molecule has 2 aromatic carbocycles. The Morgan fingerprint density at radius 3 is 1.33 bits per heavy atom. The van der Waals surface area contributed by atoms with Crippen LogP contribution in [0.15, 0.2) is 60.7 Å². The maximum atomic E-state index is 13.3. The van der Waals surface area contributed by atoms with Crippen LogP contribution in [0.4, 0.5) is 0 Å². The summed E-state index contributed by atoms with van der Waals surface area (Å²) in [5.74, 6) is 0.0239. The Bertz CT molecular complexity index is 949. The topological polar surface area (TPSA) is 88.2 Å². The number of amides is 2. The number of hydrogen-bond donors (Lipinski definition) is 0. The second-order valence-electron chi connectivity index (χ2n) is 9.49. The van der Waals surface area contributed by atoms with E-state index >= 15 is 0 Å². The molecule has 0 spiro atoms. The van der Waals surface area contributed by atoms with Crippen LogP contribution in [-0.2, 0) is 22.4 Å². The van der Waals surface area contributed by atoms with Crippen molar-refractivity contribution in [3.8, 4) is 12.1 Å². The zero-order chi connectivity index (χ0) is 25.6. The molecule has 0 saturated heterocycles. The first-order valence-corrected chi connectivity index (χ1v) is 13.0. The van der Waals surface area contributed by atoms with Gasteiger partial charge in [0.2, 0.25) is 11.8 Å². The summed E-state index contributed by atoms with van der Waals surface area (Å²) in [5.41, 5.74) is 2.35. The fraction of sp³-hybridized carbons (Fsp3) is 0.467. The highest BCUT2D eigenvalue weighted by Crippen LogP contribution is 2.31. The molecule has 188 valence electrons. The molecule has 1 aliphatic carbocycles. The fourth-order valence-corrected chi connectivity index (χ4v) is 4.96. The van der Waals surface area contributed by atoms with Gasteiger partial charge in [0.05, 0.1) is 25.0 Å². The summed E-state index contributed by atoms with van der Waals surface area (Å²) in [6, 6.07) is 24.5. The molecule has 3 rings (SSSR count). The van der Waals surface area contributed by atoms with Gasteiger partial charge in [-0.2, -0.15) is 10.5 Å². The van der Waals surface area contributed by atoms with Gasteiger partial charge in [0.1, 0.15) is 0 Å². The third-order valence-electron chi connectivity index (χ3n) is 7.06. The lowest BCUT2D eigenvalue weighted by molar-refractivity contribution is -0.141. The average molecular weight is 485 g/mol. The Hall–Kier alpha value is -3.64. The summed E-state index contributed by atoms with van der Waals surface area (Å²) in [7, 11) is 0. The molecule has 6 heteroatoms. The maximum Gasteiger partial charge on any atom is 0.225 e. The highest BCUT2D eigenvalue weighted by Gasteiger charge is 2.33. The molecule has 1 saturated carbocycles. The highest BCUT2D eigenvalue weighted by atomic mass is 16.2. The molecule has 0 bridgehead atoms. The van der Waals surface area contributed by atoms with E-state index in [9.17, 15) is 9.59 Å². The molecule has 0 aliphatic heterocycles. The van der Waals surface area contributed by atoms with Gasteiger partial charge in [-0.15, -0.1) is 0 Å². The molecule has 2 aromatic rings. The van der Waals surface area contributed by atoms with Gasteiger partial charge in [-0.3, -0.25) is 9.59 Å². The van der Waals surface area contributed by atoms with Crippen molar-refractivity contribution < 1.29 is 9.59 Å². The van der Waals surface area contributed by atoms with Gasteiger partial charge < -0.3 is 9.80 Å². The molecular formula is C30H36N4O2. The summed E-state index contributed by atoms with van der Waals surface area (Å²) in [6.45, 7) is 2.10. The molecule has 2 amide bonds. The fourth-order valence-electron chi connectivity index (χ4n) is 4.96. The van der Waals surface area contributed by atoms with Gasteiger partial charge >= 0.3 is 0 Å². The molecule has 0 heterocycles. The molecule has 1 aliphatic rings. The Labute approximate surface area is 215 Å². The first-order valence-electron chi connectivity index (χ1n) is 13.0. The Morgan fingerprint density at radius 1 is 0.639 bits per heavy atom. The number of benzene rings is 2. The van der Waals surface area contributed by atoms with E-state index in [1.165, 1.54) is 11.1 Å². The van der Waals surface area contributed by atoms with Gasteiger partial charge in [-0.05, 0) is 49.7 Å². The van der Waals surface area contributed by atoms with Crippen LogP contribution in [0.25, 0.3) is 0 Å². The largest absolute Gasteiger partial charge is 0.341 e. The third kappa shape index (κ3) is 8.24. The van der Waals surface area contributed by atoms with E-state index < -0.39 is 0 Å². The van der Waals surface area contributed by atoms with Crippen molar-refractivity contribution in [1.82, 2.24) is 9.80 Å². The van der Waals surface area contributed by atoms with E-state index in [0.29, 0.717) is 64.7 Å². The van der Waals surface area contributed by atoms with Crippen LogP contribution < -0.4 is 0 Å². The normalized spacial score (nSPS) is 16.9. The first kappa shape index (κ1) is 27.0. The van der Waals surface area contributed by atoms with Crippen LogP contribution in [0.2, 0.25) is 0 Å². The Morgan fingerprint density at radius 2 is 1.00 bits per heavy atom. The van der Waals surface area contributed by atoms with E-state index in [2.05, 4.69) is 36.4 Å². The summed E-state index contributed by atoms with van der Waals surface area (Å²) in [6.07, 6.45) is 4.93. The van der Waals surface area contributed by atoms with E-state index in [-0.39, 0.29) is 23.7 Å². The minimum Gasteiger partial charge on any atom is -0.341 e. The monoisotopic (exact) mass is 484 g/mol. The molecular weight excluding hydrogens is 448 g/mol. The van der Waals surface area contributed by atoms with E-state index in [4.69, 9.17) is 10.5 Å². The SMILES string of the molecule is N#CCCN(CCc1ccccc1)C(=O)C1CCC(C(=O)N(CCC#N)CCc2ccccc2)CC1. The van der Waals surface area contributed by atoms with Gasteiger partial charge in [0, 0.05) is 38.0 Å². The van der Waals surface area contributed by atoms with Crippen LogP contribution in [0.1, 0.15) is 49.7 Å². The summed E-state index contributed by atoms with van der Waals surface area (Å²) in [4.78, 5) is 30.3. The molecule has 0 radical (unpaired) electrons. The number of nitriles is 2. The first-order chi connectivity index (χ1) is 17.6. The minimum atomic E-state index is -0.0969. The lowest BCUT2D eigenvalue weighted by atomic mass is 9.80. The van der Waals surface area contributed by atoms with Crippen LogP contribution in [0.5, 0.6) is 0 Å². The smallest absolute Gasteiger partial charge is 0.225 e. The minimum absolute atomic E-state index is 0.0969. The molecule has 36 heavy (non-hydrogen) atoms. The van der Waals surface area contributed by atoms with Crippen LogP contribution >= 0.6 is 0 Å². The molecule has 0 atom stereocenters. The second kappa shape index (κ2) is 14.7. The Balaban J connectivity index is 1.54. The third-order valence-corrected chi connectivity index (χ3v) is 7.06. The number of nitrogens with zero attached hydrogens (tertiary/aromatic N) is 4. The van der Waals surface area contributed by atoms with E-state index in [1.807, 2.05) is 46.2 Å². The van der Waals surface area contributed by atoms with Gasteiger partial charge in [-0.1, -0.05) is 60.7 Å². The quantitative estimate of drug-likeness (QED) is 0.434. The lowest BCUT2D eigenvalue weighted by Gasteiger charge is -2.34. The number of hydrogen-bond acceptors (Lipinski definition) is 4. The van der Waals surface area contributed by atoms with Crippen molar-refractivity contribution in [2.24, 2.45) is 11.8 Å². The summed E-state index contributed by atoms with van der Waals surface area (Å²) >= 11 is 0. The van der Waals surface area contributed by atoms with Gasteiger partial charge in [0.25, 0.3) is 0 Å². The molecule has 0 unspecified atom stereocenters. The lowest BCUT2D eigenvalue weighted by Crippen LogP contribution is -2.42. The molecule has 1 fully saturated rings. The van der Waals surface area contributed by atoms with Crippen molar-refractivity contribution in [1.29, 1.82) is 10.5 Å². The number of carbonyl (C=O) groups excluding carboxylic acids is 2. The van der Waals surface area contributed by atoms with Gasteiger partial charge in [0.15, 0.2) is 0 Å². The van der Waals surface area contributed by atoms with E-state index in [1.54, 1.807) is 0 Å². The van der Waals surface area contributed by atoms with Crippen molar-refractivity contribution in [2.45, 2.75) is 51.4 Å². The molecule has 0 N–H and O–H groups in total. The van der Waals surface area contributed by atoms with Crippen molar-refractivity contribution in [2.75, 3.05) is 26.2 Å². The van der Waals surface area contributed by atoms with Crippen LogP contribution in [0.3, 0.4) is 0 Å². The van der Waals surface area contributed by atoms with Crippen molar-refractivity contribution >= 4 is 11.8 Å². The maximum absolute atomic E-state index is 13.3. The number of rotatable bonds is 12. The van der Waals surface area contributed by atoms with Crippen molar-refractivity contribution in [3.63, 3.8) is 0 Å². The zero-order valence-electron chi connectivity index (χ0n) is 21.0. The molecule has 6 nitrogen and oxygen atoms in total. The molecule has 0 aromatic heterocycles. The average Bonchev–Trinajstić information content (AvgIpc) is 2.94. The predicted molar refractivity (Wildman–Crippen MR) is 139 cm³/mol. The summed E-state index contributed by atoms with van der Waals surface area (Å²) in [5, 5.41) is 18.1. The van der Waals surface area contributed by atoms with Crippen LogP contribution in [-0.4, -0.2) is 47.8 Å². The second-order valence-corrected chi connectivity index (χ2v) is 9.49. The summed E-state index contributed by atoms with van der Waals surface area (Å²) < 4.78 is 0. The zero-order valence-corrected chi connectivity index (χ0v) is 21.0.